The van der Waals surface area contributed by atoms with Gasteiger partial charge in [0.25, 0.3) is 0 Å². The zero-order chi connectivity index (χ0) is 9.40. The molecule has 1 heteroatoms. The Morgan fingerprint density at radius 1 is 1.25 bits per heavy atom. The smallest absolute Gasteiger partial charge is 0.0602 e. The van der Waals surface area contributed by atoms with Crippen molar-refractivity contribution < 1.29 is 5.11 Å². The van der Waals surface area contributed by atoms with Crippen LogP contribution < -0.4 is 0 Å². The largest absolute Gasteiger partial charge is 0.393 e. The molecule has 0 rings (SSSR count). The highest BCUT2D eigenvalue weighted by Crippen LogP contribution is 2.15. The second-order valence-corrected chi connectivity index (χ2v) is 3.26. The van der Waals surface area contributed by atoms with Gasteiger partial charge in [-0.25, -0.2) is 0 Å². The van der Waals surface area contributed by atoms with Crippen molar-refractivity contribution in [3.63, 3.8) is 0 Å². The van der Waals surface area contributed by atoms with Crippen LogP contribution in [0.1, 0.15) is 46.5 Å². The Labute approximate surface area is 76.5 Å². The van der Waals surface area contributed by atoms with Crippen LogP contribution in [0.2, 0.25) is 0 Å². The third-order valence-corrected chi connectivity index (χ3v) is 2.17. The van der Waals surface area contributed by atoms with Crippen molar-refractivity contribution in [2.24, 2.45) is 5.92 Å². The quantitative estimate of drug-likeness (QED) is 0.607. The minimum absolute atomic E-state index is 0.136. The lowest BCUT2D eigenvalue weighted by atomic mass is 9.95. The van der Waals surface area contributed by atoms with E-state index < -0.39 is 0 Å². The van der Waals surface area contributed by atoms with Gasteiger partial charge in [0.15, 0.2) is 0 Å². The number of rotatable bonds is 6. The summed E-state index contributed by atoms with van der Waals surface area (Å²) in [7, 11) is 0. The van der Waals surface area contributed by atoms with Crippen molar-refractivity contribution in [3.05, 3.63) is 12.2 Å². The standard InChI is InChI=1S/C11H22O/c1-4-7-9-10(6-3)11(12)8-5-2/h7,9-12H,4-6,8H2,1-3H3. The first-order valence-electron chi connectivity index (χ1n) is 5.10. The highest BCUT2D eigenvalue weighted by molar-refractivity contribution is 4.90. The molecule has 0 radical (unpaired) electrons. The molecule has 72 valence electrons. The molecule has 0 saturated heterocycles. The van der Waals surface area contributed by atoms with Crippen molar-refractivity contribution in [2.75, 3.05) is 0 Å². The molecule has 0 heterocycles. The molecule has 0 spiro atoms. The fourth-order valence-corrected chi connectivity index (χ4v) is 1.36. The molecule has 0 aromatic rings. The minimum atomic E-state index is -0.136. The molecule has 0 bridgehead atoms. The zero-order valence-corrected chi connectivity index (χ0v) is 8.59. The highest BCUT2D eigenvalue weighted by Gasteiger charge is 2.12. The molecular weight excluding hydrogens is 148 g/mol. The van der Waals surface area contributed by atoms with E-state index in [9.17, 15) is 5.11 Å². The summed E-state index contributed by atoms with van der Waals surface area (Å²) in [5.41, 5.74) is 0. The first-order valence-corrected chi connectivity index (χ1v) is 5.10. The van der Waals surface area contributed by atoms with Gasteiger partial charge < -0.3 is 5.11 Å². The van der Waals surface area contributed by atoms with Gasteiger partial charge in [0, 0.05) is 5.92 Å². The normalized spacial score (nSPS) is 16.7. The minimum Gasteiger partial charge on any atom is -0.393 e. The average Bonchev–Trinajstić information content (AvgIpc) is 2.06. The molecule has 0 amide bonds. The van der Waals surface area contributed by atoms with Crippen molar-refractivity contribution in [2.45, 2.75) is 52.6 Å². The van der Waals surface area contributed by atoms with E-state index >= 15 is 0 Å². The van der Waals surface area contributed by atoms with Crippen LogP contribution in [0.4, 0.5) is 0 Å². The third-order valence-electron chi connectivity index (χ3n) is 2.17. The van der Waals surface area contributed by atoms with Gasteiger partial charge in [-0.15, -0.1) is 0 Å². The average molecular weight is 170 g/mol. The Kier molecular flexibility index (Phi) is 7.17. The van der Waals surface area contributed by atoms with E-state index in [-0.39, 0.29) is 6.10 Å². The maximum Gasteiger partial charge on any atom is 0.0602 e. The maximum absolute atomic E-state index is 9.68. The Morgan fingerprint density at radius 3 is 2.33 bits per heavy atom. The van der Waals surface area contributed by atoms with Crippen LogP contribution in [0, 0.1) is 5.92 Å². The predicted octanol–water partition coefficient (Wildman–Crippen LogP) is 3.14. The van der Waals surface area contributed by atoms with E-state index in [2.05, 4.69) is 32.9 Å². The molecule has 0 fully saturated rings. The molecule has 12 heavy (non-hydrogen) atoms. The summed E-state index contributed by atoms with van der Waals surface area (Å²) in [6.07, 6.45) is 8.26. The number of allylic oxidation sites excluding steroid dienone is 1. The zero-order valence-electron chi connectivity index (χ0n) is 8.59. The topological polar surface area (TPSA) is 20.2 Å². The van der Waals surface area contributed by atoms with Crippen molar-refractivity contribution in [1.29, 1.82) is 0 Å². The number of hydrogen-bond acceptors (Lipinski definition) is 1. The molecule has 0 aliphatic rings. The molecule has 0 saturated carbocycles. The van der Waals surface area contributed by atoms with Gasteiger partial charge in [0.05, 0.1) is 6.10 Å². The Balaban J connectivity index is 3.86. The van der Waals surface area contributed by atoms with Crippen LogP contribution in [0.25, 0.3) is 0 Å². The Morgan fingerprint density at radius 2 is 1.92 bits per heavy atom. The summed E-state index contributed by atoms with van der Waals surface area (Å²) in [5, 5.41) is 9.68. The van der Waals surface area contributed by atoms with Crippen LogP contribution in [0.5, 0.6) is 0 Å². The van der Waals surface area contributed by atoms with E-state index in [1.165, 1.54) is 0 Å². The predicted molar refractivity (Wildman–Crippen MR) is 54.1 cm³/mol. The summed E-state index contributed by atoms with van der Waals surface area (Å²) in [4.78, 5) is 0. The Hall–Kier alpha value is -0.300. The molecule has 0 aromatic heterocycles. The van der Waals surface area contributed by atoms with Crippen LogP contribution in [0.3, 0.4) is 0 Å². The lowest BCUT2D eigenvalue weighted by Gasteiger charge is -2.17. The highest BCUT2D eigenvalue weighted by atomic mass is 16.3. The molecule has 1 N–H and O–H groups in total. The molecule has 0 aliphatic heterocycles. The fourth-order valence-electron chi connectivity index (χ4n) is 1.36. The van der Waals surface area contributed by atoms with E-state index in [4.69, 9.17) is 0 Å². The second-order valence-electron chi connectivity index (χ2n) is 3.26. The lowest BCUT2D eigenvalue weighted by Crippen LogP contribution is -2.17. The maximum atomic E-state index is 9.68. The monoisotopic (exact) mass is 170 g/mol. The number of hydrogen-bond donors (Lipinski definition) is 1. The van der Waals surface area contributed by atoms with Crippen molar-refractivity contribution in [3.8, 4) is 0 Å². The van der Waals surface area contributed by atoms with Crippen LogP contribution in [-0.2, 0) is 0 Å². The van der Waals surface area contributed by atoms with Crippen LogP contribution in [0.15, 0.2) is 12.2 Å². The van der Waals surface area contributed by atoms with Gasteiger partial charge in [0.1, 0.15) is 0 Å². The molecule has 0 aromatic carbocycles. The molecule has 2 atom stereocenters. The van der Waals surface area contributed by atoms with Gasteiger partial charge in [0.2, 0.25) is 0 Å². The Bertz CT molecular complexity index is 118. The molecule has 0 aliphatic carbocycles. The van der Waals surface area contributed by atoms with Crippen molar-refractivity contribution in [1.82, 2.24) is 0 Å². The van der Waals surface area contributed by atoms with Gasteiger partial charge >= 0.3 is 0 Å². The number of aliphatic hydroxyl groups is 1. The van der Waals surface area contributed by atoms with E-state index in [1.807, 2.05) is 0 Å². The molecule has 2 unspecified atom stereocenters. The second kappa shape index (κ2) is 7.35. The van der Waals surface area contributed by atoms with E-state index in [1.54, 1.807) is 0 Å². The van der Waals surface area contributed by atoms with Crippen LogP contribution >= 0.6 is 0 Å². The summed E-state index contributed by atoms with van der Waals surface area (Å²) < 4.78 is 0. The van der Waals surface area contributed by atoms with Gasteiger partial charge in [-0.1, -0.05) is 39.3 Å². The first-order chi connectivity index (χ1) is 5.76. The van der Waals surface area contributed by atoms with E-state index in [0.29, 0.717) is 5.92 Å². The summed E-state index contributed by atoms with van der Waals surface area (Å²) in [6, 6.07) is 0. The summed E-state index contributed by atoms with van der Waals surface area (Å²) in [6.45, 7) is 6.36. The van der Waals surface area contributed by atoms with Gasteiger partial charge in [-0.3, -0.25) is 0 Å². The molecular formula is C11H22O. The summed E-state index contributed by atoms with van der Waals surface area (Å²) in [5.74, 6) is 0.366. The van der Waals surface area contributed by atoms with Gasteiger partial charge in [-0.2, -0.15) is 0 Å². The SMILES string of the molecule is CCC=CC(CC)C(O)CCC. The number of aliphatic hydroxyl groups excluding tert-OH is 1. The molecule has 1 nitrogen and oxygen atoms in total. The summed E-state index contributed by atoms with van der Waals surface area (Å²) >= 11 is 0. The van der Waals surface area contributed by atoms with Crippen molar-refractivity contribution >= 4 is 0 Å². The third kappa shape index (κ3) is 4.55. The first kappa shape index (κ1) is 11.7. The van der Waals surface area contributed by atoms with E-state index in [0.717, 1.165) is 25.7 Å². The lowest BCUT2D eigenvalue weighted by molar-refractivity contribution is 0.118. The van der Waals surface area contributed by atoms with Crippen LogP contribution in [-0.4, -0.2) is 11.2 Å². The fraction of sp³-hybridized carbons (Fsp3) is 0.818. The van der Waals surface area contributed by atoms with Gasteiger partial charge in [-0.05, 0) is 19.3 Å².